The predicted molar refractivity (Wildman–Crippen MR) is 150 cm³/mol. The number of aromatic nitrogens is 5. The molecule has 0 amide bonds. The highest BCUT2D eigenvalue weighted by Gasteiger charge is 2.17. The van der Waals surface area contributed by atoms with Gasteiger partial charge >= 0.3 is 0 Å². The second-order valence-corrected chi connectivity index (χ2v) is 9.53. The van der Waals surface area contributed by atoms with Gasteiger partial charge in [0.1, 0.15) is 0 Å². The minimum Gasteiger partial charge on any atom is -0.256 e. The van der Waals surface area contributed by atoms with Gasteiger partial charge in [0.25, 0.3) is 0 Å². The number of hydrogen-bond acceptors (Lipinski definition) is 6. The molecule has 0 aliphatic rings. The summed E-state index contributed by atoms with van der Waals surface area (Å²) in [7, 11) is 0. The van der Waals surface area contributed by atoms with E-state index in [0.717, 1.165) is 48.9 Å². The van der Waals surface area contributed by atoms with Gasteiger partial charge in [-0.15, -0.1) is 11.3 Å². The maximum absolute atomic E-state index is 4.95. The molecule has 0 N–H and O–H groups in total. The summed E-state index contributed by atoms with van der Waals surface area (Å²) in [5, 5.41) is 1.10. The zero-order valence-corrected chi connectivity index (χ0v) is 20.4. The molecule has 0 spiro atoms. The first-order chi connectivity index (χ1) is 18.3. The van der Waals surface area contributed by atoms with Gasteiger partial charge < -0.3 is 0 Å². The lowest BCUT2D eigenvalue weighted by Gasteiger charge is -2.11. The molecule has 6 heteroatoms. The van der Waals surface area contributed by atoms with Crippen LogP contribution in [0.5, 0.6) is 0 Å². The van der Waals surface area contributed by atoms with Gasteiger partial charge in [0.05, 0.1) is 21.2 Å². The third-order valence-electron chi connectivity index (χ3n) is 6.32. The SMILES string of the molecule is c1ccc(-c2nc(-c3ccccc3)nc(-c3cc(-c4cccc5cccnc45)cc4scnc34)n2)cc1. The lowest BCUT2D eigenvalue weighted by atomic mass is 9.99. The van der Waals surface area contributed by atoms with E-state index in [9.17, 15) is 0 Å². The molecule has 0 bridgehead atoms. The number of hydrogen-bond donors (Lipinski definition) is 0. The van der Waals surface area contributed by atoms with Crippen LogP contribution in [0.4, 0.5) is 0 Å². The maximum Gasteiger partial charge on any atom is 0.166 e. The Morgan fingerprint density at radius 2 is 1.16 bits per heavy atom. The smallest absolute Gasteiger partial charge is 0.166 e. The molecular formula is C31H19N5S. The Bertz CT molecular complexity index is 1820. The maximum atomic E-state index is 4.95. The van der Waals surface area contributed by atoms with Gasteiger partial charge in [0.15, 0.2) is 17.5 Å². The van der Waals surface area contributed by atoms with E-state index < -0.39 is 0 Å². The summed E-state index contributed by atoms with van der Waals surface area (Å²) in [6.45, 7) is 0. The number of para-hydroxylation sites is 1. The zero-order valence-electron chi connectivity index (χ0n) is 19.6. The van der Waals surface area contributed by atoms with Crippen molar-refractivity contribution in [3.8, 4) is 45.3 Å². The van der Waals surface area contributed by atoms with E-state index in [2.05, 4.69) is 41.4 Å². The molecule has 0 aliphatic heterocycles. The summed E-state index contributed by atoms with van der Waals surface area (Å²) >= 11 is 1.61. The highest BCUT2D eigenvalue weighted by Crippen LogP contribution is 2.37. The minimum atomic E-state index is 0.596. The Labute approximate surface area is 217 Å². The zero-order chi connectivity index (χ0) is 24.6. The van der Waals surface area contributed by atoms with Crippen molar-refractivity contribution in [2.45, 2.75) is 0 Å². The molecule has 0 saturated heterocycles. The molecule has 0 saturated carbocycles. The van der Waals surface area contributed by atoms with E-state index in [1.54, 1.807) is 11.3 Å². The fourth-order valence-electron chi connectivity index (χ4n) is 4.56. The van der Waals surface area contributed by atoms with Gasteiger partial charge in [0.2, 0.25) is 0 Å². The van der Waals surface area contributed by atoms with Crippen molar-refractivity contribution >= 4 is 32.5 Å². The number of benzene rings is 4. The quantitative estimate of drug-likeness (QED) is 0.251. The number of thiazole rings is 1. The van der Waals surface area contributed by atoms with Crippen LogP contribution in [0, 0.1) is 0 Å². The standard InChI is InChI=1S/C31H19N5S/c1-3-9-21(10-4-1)29-34-30(22-11-5-2-6-12-22)36-31(35-29)25-17-23(18-26-28(25)33-19-37-26)24-15-7-13-20-14-8-16-32-27(20)24/h1-19H. The third-order valence-corrected chi connectivity index (χ3v) is 7.10. The van der Waals surface area contributed by atoms with Crippen LogP contribution < -0.4 is 0 Å². The van der Waals surface area contributed by atoms with Gasteiger partial charge in [-0.3, -0.25) is 4.98 Å². The van der Waals surface area contributed by atoms with Crippen LogP contribution in [-0.4, -0.2) is 24.9 Å². The normalized spacial score (nSPS) is 11.2. The molecule has 0 aliphatic carbocycles. The first-order valence-corrected chi connectivity index (χ1v) is 12.8. The van der Waals surface area contributed by atoms with Crippen LogP contribution in [0.25, 0.3) is 66.4 Å². The molecule has 7 rings (SSSR count). The van der Waals surface area contributed by atoms with Crippen LogP contribution >= 0.6 is 11.3 Å². The van der Waals surface area contributed by atoms with Crippen molar-refractivity contribution in [3.63, 3.8) is 0 Å². The summed E-state index contributed by atoms with van der Waals surface area (Å²) in [6.07, 6.45) is 1.84. The van der Waals surface area contributed by atoms with Crippen molar-refractivity contribution in [2.24, 2.45) is 0 Å². The summed E-state index contributed by atoms with van der Waals surface area (Å²) in [4.78, 5) is 24.1. The Balaban J connectivity index is 1.49. The summed E-state index contributed by atoms with van der Waals surface area (Å²) in [5.41, 5.74) is 8.58. The molecule has 3 aromatic heterocycles. The summed E-state index contributed by atoms with van der Waals surface area (Å²) in [6, 6.07) is 34.7. The number of pyridine rings is 1. The third kappa shape index (κ3) is 3.93. The minimum absolute atomic E-state index is 0.596. The number of nitrogens with zero attached hydrogens (tertiary/aromatic N) is 5. The van der Waals surface area contributed by atoms with Crippen LogP contribution in [-0.2, 0) is 0 Å². The van der Waals surface area contributed by atoms with E-state index in [1.165, 1.54) is 0 Å². The van der Waals surface area contributed by atoms with Crippen molar-refractivity contribution in [2.75, 3.05) is 0 Å². The Kier molecular flexibility index (Phi) is 5.22. The molecule has 3 heterocycles. The van der Waals surface area contributed by atoms with E-state index in [4.69, 9.17) is 19.9 Å². The van der Waals surface area contributed by atoms with Crippen molar-refractivity contribution in [3.05, 3.63) is 115 Å². The molecule has 7 aromatic rings. The fraction of sp³-hybridized carbons (Fsp3) is 0. The van der Waals surface area contributed by atoms with Gasteiger partial charge in [-0.05, 0) is 23.8 Å². The first-order valence-electron chi connectivity index (χ1n) is 11.9. The average Bonchev–Trinajstić information content (AvgIpc) is 3.46. The summed E-state index contributed by atoms with van der Waals surface area (Å²) < 4.78 is 1.07. The lowest BCUT2D eigenvalue weighted by molar-refractivity contribution is 1.08. The second kappa shape index (κ2) is 9.00. The Morgan fingerprint density at radius 3 is 1.89 bits per heavy atom. The molecular weight excluding hydrogens is 474 g/mol. The van der Waals surface area contributed by atoms with Gasteiger partial charge in [-0.1, -0.05) is 84.9 Å². The number of fused-ring (bicyclic) bond motifs is 2. The van der Waals surface area contributed by atoms with Crippen LogP contribution in [0.3, 0.4) is 0 Å². The van der Waals surface area contributed by atoms with Crippen LogP contribution in [0.1, 0.15) is 0 Å². The fourth-order valence-corrected chi connectivity index (χ4v) is 5.30. The monoisotopic (exact) mass is 493 g/mol. The van der Waals surface area contributed by atoms with E-state index in [-0.39, 0.29) is 0 Å². The predicted octanol–water partition coefficient (Wildman–Crippen LogP) is 7.70. The van der Waals surface area contributed by atoms with Gasteiger partial charge in [-0.25, -0.2) is 19.9 Å². The van der Waals surface area contributed by atoms with Crippen molar-refractivity contribution in [1.82, 2.24) is 24.9 Å². The molecule has 5 nitrogen and oxygen atoms in total. The topological polar surface area (TPSA) is 64.5 Å². The van der Waals surface area contributed by atoms with Gasteiger partial charge in [-0.2, -0.15) is 0 Å². The Hall–Kier alpha value is -4.81. The average molecular weight is 494 g/mol. The highest BCUT2D eigenvalue weighted by atomic mass is 32.1. The first kappa shape index (κ1) is 21.5. The van der Waals surface area contributed by atoms with E-state index in [0.29, 0.717) is 17.5 Å². The molecule has 174 valence electrons. The molecule has 4 aromatic carbocycles. The second-order valence-electron chi connectivity index (χ2n) is 8.64. The van der Waals surface area contributed by atoms with Crippen molar-refractivity contribution < 1.29 is 0 Å². The lowest BCUT2D eigenvalue weighted by Crippen LogP contribution is -2.00. The highest BCUT2D eigenvalue weighted by molar-refractivity contribution is 7.16. The molecule has 0 atom stereocenters. The Morgan fingerprint density at radius 1 is 0.486 bits per heavy atom. The van der Waals surface area contributed by atoms with E-state index >= 15 is 0 Å². The van der Waals surface area contributed by atoms with Crippen LogP contribution in [0.2, 0.25) is 0 Å². The van der Waals surface area contributed by atoms with E-state index in [1.807, 2.05) is 78.4 Å². The number of rotatable bonds is 4. The molecule has 0 unspecified atom stereocenters. The molecule has 0 fully saturated rings. The summed E-state index contributed by atoms with van der Waals surface area (Å²) in [5.74, 6) is 1.86. The van der Waals surface area contributed by atoms with Crippen molar-refractivity contribution in [1.29, 1.82) is 0 Å². The molecule has 37 heavy (non-hydrogen) atoms. The van der Waals surface area contributed by atoms with Crippen LogP contribution in [0.15, 0.2) is 115 Å². The largest absolute Gasteiger partial charge is 0.256 e. The van der Waals surface area contributed by atoms with Gasteiger partial charge in [0, 0.05) is 33.8 Å². The molecule has 0 radical (unpaired) electrons.